The van der Waals surface area contributed by atoms with Gasteiger partial charge in [-0.1, -0.05) is 11.6 Å². The second kappa shape index (κ2) is 4.93. The Morgan fingerprint density at radius 3 is 2.71 bits per heavy atom. The molecule has 0 aromatic carbocycles. The van der Waals surface area contributed by atoms with Crippen molar-refractivity contribution in [3.8, 4) is 0 Å². The van der Waals surface area contributed by atoms with E-state index in [1.807, 2.05) is 0 Å². The zero-order valence-electron chi connectivity index (χ0n) is 8.22. The molecule has 0 aliphatic heterocycles. The zero-order chi connectivity index (χ0) is 12.5. The molecule has 2 aromatic rings. The minimum absolute atomic E-state index is 0.165. The first-order valence-corrected chi connectivity index (χ1v) is 7.85. The van der Waals surface area contributed by atoms with Crippen LogP contribution in [0.1, 0.15) is 0 Å². The highest BCUT2D eigenvalue weighted by atomic mass is 79.9. The highest BCUT2D eigenvalue weighted by Crippen LogP contribution is 2.28. The summed E-state index contributed by atoms with van der Waals surface area (Å²) in [6.07, 6.45) is 1.56. The first kappa shape index (κ1) is 12.8. The molecule has 0 aliphatic rings. The largest absolute Gasteiger partial charge is 0.276 e. The van der Waals surface area contributed by atoms with E-state index in [0.717, 1.165) is 11.3 Å². The number of thiophene rings is 1. The van der Waals surface area contributed by atoms with Crippen molar-refractivity contribution in [3.63, 3.8) is 0 Å². The molecule has 1 N–H and O–H groups in total. The Morgan fingerprint density at radius 1 is 1.35 bits per heavy atom. The highest BCUT2D eigenvalue weighted by Gasteiger charge is 2.17. The Balaban J connectivity index is 2.33. The molecule has 0 spiro atoms. The van der Waals surface area contributed by atoms with Crippen molar-refractivity contribution in [1.82, 2.24) is 4.98 Å². The minimum Gasteiger partial charge on any atom is -0.276 e. The quantitative estimate of drug-likeness (QED) is 0.861. The third-order valence-corrected chi connectivity index (χ3v) is 5.54. The van der Waals surface area contributed by atoms with Crippen LogP contribution in [0.5, 0.6) is 0 Å². The van der Waals surface area contributed by atoms with E-state index in [1.54, 1.807) is 24.4 Å². The van der Waals surface area contributed by atoms with Crippen LogP contribution in [-0.2, 0) is 10.0 Å². The normalized spacial score (nSPS) is 11.4. The SMILES string of the molecule is O=S(=O)(Nc1cccnc1Br)c1ccc(Cl)s1. The molecule has 0 amide bonds. The number of sulfonamides is 1. The molecule has 4 nitrogen and oxygen atoms in total. The van der Waals surface area contributed by atoms with Crippen LogP contribution < -0.4 is 4.72 Å². The van der Waals surface area contributed by atoms with Crippen LogP contribution in [-0.4, -0.2) is 13.4 Å². The van der Waals surface area contributed by atoms with Crippen molar-refractivity contribution in [1.29, 1.82) is 0 Å². The van der Waals surface area contributed by atoms with Gasteiger partial charge in [0, 0.05) is 6.20 Å². The van der Waals surface area contributed by atoms with E-state index in [-0.39, 0.29) is 4.21 Å². The number of rotatable bonds is 3. The summed E-state index contributed by atoms with van der Waals surface area (Å²) in [5, 5.41) is 0. The van der Waals surface area contributed by atoms with Crippen LogP contribution in [0.4, 0.5) is 5.69 Å². The summed E-state index contributed by atoms with van der Waals surface area (Å²) in [5.41, 5.74) is 0.386. The van der Waals surface area contributed by atoms with E-state index in [9.17, 15) is 8.42 Å². The molecule has 2 rings (SSSR count). The average Bonchev–Trinajstić information content (AvgIpc) is 2.69. The lowest BCUT2D eigenvalue weighted by Gasteiger charge is -2.06. The molecule has 0 fully saturated rings. The Morgan fingerprint density at radius 2 is 2.12 bits per heavy atom. The van der Waals surface area contributed by atoms with Crippen LogP contribution in [0, 0.1) is 0 Å². The molecule has 2 aromatic heterocycles. The van der Waals surface area contributed by atoms with Crippen molar-refractivity contribution in [2.75, 3.05) is 4.72 Å². The summed E-state index contributed by atoms with van der Waals surface area (Å²) >= 11 is 9.87. The second-order valence-electron chi connectivity index (χ2n) is 3.01. The molecule has 0 atom stereocenters. The molecule has 0 radical (unpaired) electrons. The predicted octanol–water partition coefficient (Wildman–Crippen LogP) is 3.36. The number of pyridine rings is 1. The summed E-state index contributed by atoms with van der Waals surface area (Å²) in [5.74, 6) is 0. The monoisotopic (exact) mass is 352 g/mol. The maximum absolute atomic E-state index is 12.0. The number of halogens is 2. The fraction of sp³-hybridized carbons (Fsp3) is 0. The van der Waals surface area contributed by atoms with Gasteiger partial charge in [0.1, 0.15) is 8.81 Å². The van der Waals surface area contributed by atoms with Gasteiger partial charge >= 0.3 is 0 Å². The van der Waals surface area contributed by atoms with Crippen LogP contribution >= 0.6 is 38.9 Å². The molecule has 2 heterocycles. The van der Waals surface area contributed by atoms with Gasteiger partial charge in [0.05, 0.1) is 10.0 Å². The summed E-state index contributed by atoms with van der Waals surface area (Å²) < 4.78 is 27.4. The summed E-state index contributed by atoms with van der Waals surface area (Å²) in [6.45, 7) is 0. The van der Waals surface area contributed by atoms with Gasteiger partial charge < -0.3 is 0 Å². The molecule has 0 aliphatic carbocycles. The standard InChI is InChI=1S/C9H6BrClN2O2S2/c10-9-6(2-1-5-12-9)13-17(14,15)8-4-3-7(11)16-8/h1-5,13H. The molecule has 17 heavy (non-hydrogen) atoms. The van der Waals surface area contributed by atoms with Crippen molar-refractivity contribution in [3.05, 3.63) is 39.4 Å². The van der Waals surface area contributed by atoms with Crippen LogP contribution in [0.15, 0.2) is 39.3 Å². The third-order valence-electron chi connectivity index (χ3n) is 1.82. The molecule has 0 saturated carbocycles. The number of hydrogen-bond donors (Lipinski definition) is 1. The van der Waals surface area contributed by atoms with Gasteiger partial charge in [0.25, 0.3) is 10.0 Å². The topological polar surface area (TPSA) is 59.1 Å². The van der Waals surface area contributed by atoms with Gasteiger partial charge in [0.15, 0.2) is 0 Å². The highest BCUT2D eigenvalue weighted by molar-refractivity contribution is 9.10. The molecule has 0 saturated heterocycles. The number of aromatic nitrogens is 1. The first-order valence-electron chi connectivity index (χ1n) is 4.38. The van der Waals surface area contributed by atoms with E-state index in [0.29, 0.717) is 14.6 Å². The van der Waals surface area contributed by atoms with Gasteiger partial charge in [-0.3, -0.25) is 4.72 Å². The van der Waals surface area contributed by atoms with Crippen LogP contribution in [0.2, 0.25) is 4.34 Å². The first-order chi connectivity index (χ1) is 7.99. The Kier molecular flexibility index (Phi) is 3.72. The zero-order valence-corrected chi connectivity index (χ0v) is 12.2. The molecule has 0 unspecified atom stereocenters. The van der Waals surface area contributed by atoms with Crippen molar-refractivity contribution >= 4 is 54.6 Å². The van der Waals surface area contributed by atoms with Crippen LogP contribution in [0.3, 0.4) is 0 Å². The summed E-state index contributed by atoms with van der Waals surface area (Å²) in [7, 11) is -3.60. The molecule has 90 valence electrons. The number of nitrogens with one attached hydrogen (secondary N) is 1. The third kappa shape index (κ3) is 2.98. The summed E-state index contributed by atoms with van der Waals surface area (Å²) in [4.78, 5) is 3.93. The fourth-order valence-electron chi connectivity index (χ4n) is 1.10. The Labute approximate surface area is 116 Å². The van der Waals surface area contributed by atoms with E-state index in [4.69, 9.17) is 11.6 Å². The molecule has 0 bridgehead atoms. The van der Waals surface area contributed by atoms with Gasteiger partial charge in [-0.25, -0.2) is 13.4 Å². The van der Waals surface area contributed by atoms with E-state index >= 15 is 0 Å². The maximum Gasteiger partial charge on any atom is 0.271 e. The second-order valence-corrected chi connectivity index (χ2v) is 7.38. The van der Waals surface area contributed by atoms with Crippen molar-refractivity contribution in [2.24, 2.45) is 0 Å². The minimum atomic E-state index is -3.60. The maximum atomic E-state index is 12.0. The van der Waals surface area contributed by atoms with Gasteiger partial charge in [-0.2, -0.15) is 0 Å². The number of anilines is 1. The van der Waals surface area contributed by atoms with Crippen molar-refractivity contribution in [2.45, 2.75) is 4.21 Å². The van der Waals surface area contributed by atoms with Crippen LogP contribution in [0.25, 0.3) is 0 Å². The Bertz CT molecular complexity index is 642. The van der Waals surface area contributed by atoms with E-state index in [1.165, 1.54) is 6.07 Å². The van der Waals surface area contributed by atoms with Gasteiger partial charge in [0.2, 0.25) is 0 Å². The lowest BCUT2D eigenvalue weighted by Crippen LogP contribution is -2.12. The summed E-state index contributed by atoms with van der Waals surface area (Å²) in [6, 6.07) is 6.26. The van der Waals surface area contributed by atoms with E-state index in [2.05, 4.69) is 25.6 Å². The van der Waals surface area contributed by atoms with Gasteiger partial charge in [-0.05, 0) is 40.2 Å². The Hall–Kier alpha value is -0.630. The fourth-order valence-corrected chi connectivity index (χ4v) is 4.13. The molecular formula is C9H6BrClN2O2S2. The number of nitrogens with zero attached hydrogens (tertiary/aromatic N) is 1. The van der Waals surface area contributed by atoms with Crippen molar-refractivity contribution < 1.29 is 8.42 Å². The lowest BCUT2D eigenvalue weighted by molar-refractivity contribution is 0.603. The predicted molar refractivity (Wildman–Crippen MR) is 72.1 cm³/mol. The molecule has 8 heteroatoms. The average molecular weight is 354 g/mol. The smallest absolute Gasteiger partial charge is 0.271 e. The lowest BCUT2D eigenvalue weighted by atomic mass is 10.4. The molecular weight excluding hydrogens is 348 g/mol. The number of hydrogen-bond acceptors (Lipinski definition) is 4. The van der Waals surface area contributed by atoms with E-state index < -0.39 is 10.0 Å². The van der Waals surface area contributed by atoms with Gasteiger partial charge in [-0.15, -0.1) is 11.3 Å².